The number of aromatic nitrogens is 2. The van der Waals surface area contributed by atoms with Gasteiger partial charge in [-0.05, 0) is 49.8 Å². The number of carbonyl (C=O) groups is 1. The SMILES string of the molecule is Cc1ccc(CCOc2ccc(-c3cnc(C)c(CC(=O)O)c3N3CCC(C)(C)CC3)nc2)cc1. The lowest BCUT2D eigenvalue weighted by Gasteiger charge is -2.40. The Morgan fingerprint density at radius 1 is 1.03 bits per heavy atom. The largest absolute Gasteiger partial charge is 0.492 e. The summed E-state index contributed by atoms with van der Waals surface area (Å²) in [6, 6.07) is 12.3. The van der Waals surface area contributed by atoms with Crippen molar-refractivity contribution < 1.29 is 14.6 Å². The number of aryl methyl sites for hydroxylation is 2. The Bertz CT molecular complexity index is 1160. The van der Waals surface area contributed by atoms with Gasteiger partial charge in [-0.25, -0.2) is 0 Å². The van der Waals surface area contributed by atoms with E-state index in [2.05, 4.69) is 59.9 Å². The molecule has 1 aliphatic rings. The molecule has 3 heterocycles. The molecular formula is C29H35N3O3. The van der Waals surface area contributed by atoms with Crippen molar-refractivity contribution in [3.05, 3.63) is 71.2 Å². The van der Waals surface area contributed by atoms with Gasteiger partial charge in [0.25, 0.3) is 0 Å². The Kier molecular flexibility index (Phi) is 7.39. The van der Waals surface area contributed by atoms with Gasteiger partial charge in [0.05, 0.1) is 30.6 Å². The third-order valence-electron chi connectivity index (χ3n) is 6.92. The van der Waals surface area contributed by atoms with E-state index < -0.39 is 5.97 Å². The van der Waals surface area contributed by atoms with E-state index in [-0.39, 0.29) is 6.42 Å². The van der Waals surface area contributed by atoms with E-state index in [0.29, 0.717) is 17.8 Å². The van der Waals surface area contributed by atoms with Gasteiger partial charge in [-0.3, -0.25) is 14.8 Å². The molecule has 0 amide bonds. The molecule has 0 atom stereocenters. The maximum Gasteiger partial charge on any atom is 0.307 e. The van der Waals surface area contributed by atoms with E-state index >= 15 is 0 Å². The highest BCUT2D eigenvalue weighted by atomic mass is 16.5. The second kappa shape index (κ2) is 10.5. The first-order valence-electron chi connectivity index (χ1n) is 12.3. The lowest BCUT2D eigenvalue weighted by Crippen LogP contribution is -2.38. The summed E-state index contributed by atoms with van der Waals surface area (Å²) >= 11 is 0. The summed E-state index contributed by atoms with van der Waals surface area (Å²) in [6.07, 6.45) is 6.46. The van der Waals surface area contributed by atoms with Crippen LogP contribution < -0.4 is 9.64 Å². The van der Waals surface area contributed by atoms with Crippen LogP contribution in [0.4, 0.5) is 5.69 Å². The normalized spacial score (nSPS) is 15.1. The van der Waals surface area contributed by atoms with Crippen LogP contribution in [0.3, 0.4) is 0 Å². The van der Waals surface area contributed by atoms with Gasteiger partial charge in [-0.15, -0.1) is 0 Å². The average molecular weight is 474 g/mol. The van der Waals surface area contributed by atoms with Crippen LogP contribution >= 0.6 is 0 Å². The predicted octanol–water partition coefficient (Wildman–Crippen LogP) is 5.64. The Balaban J connectivity index is 1.56. The van der Waals surface area contributed by atoms with E-state index in [1.807, 2.05) is 25.3 Å². The summed E-state index contributed by atoms with van der Waals surface area (Å²) in [6.45, 7) is 10.9. The Labute approximate surface area is 208 Å². The lowest BCUT2D eigenvalue weighted by atomic mass is 9.82. The number of rotatable bonds is 8. The van der Waals surface area contributed by atoms with Crippen LogP contribution in [0.15, 0.2) is 48.8 Å². The minimum Gasteiger partial charge on any atom is -0.492 e. The molecule has 1 saturated heterocycles. The maximum absolute atomic E-state index is 11.7. The van der Waals surface area contributed by atoms with Crippen molar-refractivity contribution in [2.24, 2.45) is 5.41 Å². The first-order chi connectivity index (χ1) is 16.7. The number of nitrogens with zero attached hydrogens (tertiary/aromatic N) is 3. The molecule has 6 heteroatoms. The summed E-state index contributed by atoms with van der Waals surface area (Å²) in [7, 11) is 0. The maximum atomic E-state index is 11.7. The number of aliphatic carboxylic acids is 1. The van der Waals surface area contributed by atoms with E-state index in [0.717, 1.165) is 60.6 Å². The van der Waals surface area contributed by atoms with Crippen LogP contribution in [0.5, 0.6) is 5.75 Å². The lowest BCUT2D eigenvalue weighted by molar-refractivity contribution is -0.136. The molecule has 0 bridgehead atoms. The van der Waals surface area contributed by atoms with Crippen LogP contribution in [-0.4, -0.2) is 40.7 Å². The van der Waals surface area contributed by atoms with Gasteiger partial charge >= 0.3 is 5.97 Å². The van der Waals surface area contributed by atoms with Crippen LogP contribution in [0, 0.1) is 19.3 Å². The monoisotopic (exact) mass is 473 g/mol. The van der Waals surface area contributed by atoms with Crippen molar-refractivity contribution in [2.45, 2.75) is 53.4 Å². The summed E-state index contributed by atoms with van der Waals surface area (Å²) < 4.78 is 5.93. The van der Waals surface area contributed by atoms with Crippen molar-refractivity contribution in [1.82, 2.24) is 9.97 Å². The first-order valence-corrected chi connectivity index (χ1v) is 12.3. The number of hydrogen-bond donors (Lipinski definition) is 1. The summed E-state index contributed by atoms with van der Waals surface area (Å²) in [5.74, 6) is -0.135. The fraction of sp³-hybridized carbons (Fsp3) is 0.414. The molecular weight excluding hydrogens is 438 g/mol. The number of anilines is 1. The highest BCUT2D eigenvalue weighted by molar-refractivity contribution is 5.83. The van der Waals surface area contributed by atoms with Crippen molar-refractivity contribution in [2.75, 3.05) is 24.6 Å². The molecule has 35 heavy (non-hydrogen) atoms. The van der Waals surface area contributed by atoms with Crippen LogP contribution in [0.1, 0.15) is 49.1 Å². The molecule has 0 saturated carbocycles. The van der Waals surface area contributed by atoms with Crippen LogP contribution in [0.2, 0.25) is 0 Å². The standard InChI is InChI=1S/C29H35N3O3/c1-20-5-7-22(8-6-20)11-16-35-23-9-10-26(31-18-23)25-19-30-21(2)24(17-27(33)34)28(25)32-14-12-29(3,4)13-15-32/h5-10,18-19H,11-17H2,1-4H3,(H,33,34). The first kappa shape index (κ1) is 24.7. The Hall–Kier alpha value is -3.41. The van der Waals surface area contributed by atoms with Gasteiger partial charge in [0.1, 0.15) is 5.75 Å². The minimum atomic E-state index is -0.851. The molecule has 0 unspecified atom stereocenters. The van der Waals surface area contributed by atoms with Crippen molar-refractivity contribution in [3.63, 3.8) is 0 Å². The quantitative estimate of drug-likeness (QED) is 0.457. The smallest absolute Gasteiger partial charge is 0.307 e. The molecule has 184 valence electrons. The number of hydrogen-bond acceptors (Lipinski definition) is 5. The van der Waals surface area contributed by atoms with E-state index in [4.69, 9.17) is 4.74 Å². The molecule has 1 aromatic carbocycles. The number of carboxylic acids is 1. The van der Waals surface area contributed by atoms with Gasteiger partial charge in [0.15, 0.2) is 0 Å². The fourth-order valence-corrected chi connectivity index (χ4v) is 4.55. The second-order valence-corrected chi connectivity index (χ2v) is 10.3. The zero-order chi connectivity index (χ0) is 25.0. The molecule has 6 nitrogen and oxygen atoms in total. The minimum absolute atomic E-state index is 0.0535. The second-order valence-electron chi connectivity index (χ2n) is 10.3. The number of benzene rings is 1. The van der Waals surface area contributed by atoms with Crippen LogP contribution in [0.25, 0.3) is 11.3 Å². The Morgan fingerprint density at radius 3 is 2.37 bits per heavy atom. The molecule has 0 aliphatic carbocycles. The van der Waals surface area contributed by atoms with E-state index in [9.17, 15) is 9.90 Å². The van der Waals surface area contributed by atoms with Gasteiger partial charge in [-0.2, -0.15) is 0 Å². The zero-order valence-electron chi connectivity index (χ0n) is 21.2. The third kappa shape index (κ3) is 6.18. The Morgan fingerprint density at radius 2 is 1.74 bits per heavy atom. The third-order valence-corrected chi connectivity index (χ3v) is 6.92. The molecule has 3 aromatic rings. The summed E-state index contributed by atoms with van der Waals surface area (Å²) in [5.41, 5.74) is 6.91. The summed E-state index contributed by atoms with van der Waals surface area (Å²) in [5, 5.41) is 9.59. The number of carboxylic acid groups (broad SMARTS) is 1. The van der Waals surface area contributed by atoms with E-state index in [1.165, 1.54) is 11.1 Å². The molecule has 4 rings (SSSR count). The fourth-order valence-electron chi connectivity index (χ4n) is 4.55. The molecule has 1 fully saturated rings. The summed E-state index contributed by atoms with van der Waals surface area (Å²) in [4.78, 5) is 23.2. The topological polar surface area (TPSA) is 75.6 Å². The van der Waals surface area contributed by atoms with Gasteiger partial charge in [-0.1, -0.05) is 43.7 Å². The van der Waals surface area contributed by atoms with Crippen molar-refractivity contribution >= 4 is 11.7 Å². The molecule has 1 aliphatic heterocycles. The average Bonchev–Trinajstić information content (AvgIpc) is 2.82. The molecule has 1 N–H and O–H groups in total. The number of ether oxygens (including phenoxy) is 1. The highest BCUT2D eigenvalue weighted by Crippen LogP contribution is 2.39. The number of piperidine rings is 1. The van der Waals surface area contributed by atoms with Gasteiger partial charge < -0.3 is 14.7 Å². The van der Waals surface area contributed by atoms with Gasteiger partial charge in [0.2, 0.25) is 0 Å². The van der Waals surface area contributed by atoms with Crippen molar-refractivity contribution in [3.8, 4) is 17.0 Å². The zero-order valence-corrected chi connectivity index (χ0v) is 21.2. The van der Waals surface area contributed by atoms with Crippen LogP contribution in [-0.2, 0) is 17.6 Å². The number of pyridine rings is 2. The predicted molar refractivity (Wildman–Crippen MR) is 139 cm³/mol. The van der Waals surface area contributed by atoms with Gasteiger partial charge in [0, 0.05) is 42.5 Å². The molecule has 2 aromatic heterocycles. The highest BCUT2D eigenvalue weighted by Gasteiger charge is 2.29. The van der Waals surface area contributed by atoms with Crippen molar-refractivity contribution in [1.29, 1.82) is 0 Å². The van der Waals surface area contributed by atoms with E-state index in [1.54, 1.807) is 6.20 Å². The molecule has 0 spiro atoms. The molecule has 0 radical (unpaired) electrons.